The second kappa shape index (κ2) is 6.56. The van der Waals surface area contributed by atoms with Crippen LogP contribution in [-0.2, 0) is 7.05 Å². The Morgan fingerprint density at radius 1 is 1.48 bits per heavy atom. The second-order valence-corrected chi connectivity index (χ2v) is 5.48. The van der Waals surface area contributed by atoms with Crippen LogP contribution in [0.15, 0.2) is 23.0 Å². The van der Waals surface area contributed by atoms with Crippen LogP contribution in [0.3, 0.4) is 0 Å². The summed E-state index contributed by atoms with van der Waals surface area (Å²) in [7, 11) is 1.92. The molecule has 0 aliphatic rings. The molecule has 0 saturated heterocycles. The molecule has 0 radical (unpaired) electrons. The van der Waals surface area contributed by atoms with Crippen LogP contribution in [-0.4, -0.2) is 20.6 Å². The summed E-state index contributed by atoms with van der Waals surface area (Å²) in [5, 5.41) is 6.89. The van der Waals surface area contributed by atoms with Crippen molar-refractivity contribution in [3.8, 4) is 0 Å². The van der Waals surface area contributed by atoms with Gasteiger partial charge in [0.15, 0.2) is 0 Å². The summed E-state index contributed by atoms with van der Waals surface area (Å²) < 4.78 is 7.04. The molecule has 0 aromatic carbocycles. The molecule has 0 bridgehead atoms. The highest BCUT2D eigenvalue weighted by Crippen LogP contribution is 2.18. The fourth-order valence-corrected chi connectivity index (χ4v) is 2.16. The van der Waals surface area contributed by atoms with Crippen LogP contribution in [0.1, 0.15) is 67.6 Å². The Kier molecular flexibility index (Phi) is 4.77. The van der Waals surface area contributed by atoms with E-state index in [1.54, 1.807) is 12.3 Å². The highest BCUT2D eigenvalue weighted by Gasteiger charge is 2.21. The van der Waals surface area contributed by atoms with Gasteiger partial charge in [0.1, 0.15) is 5.82 Å². The van der Waals surface area contributed by atoms with Gasteiger partial charge in [-0.15, -0.1) is 0 Å². The predicted octanol–water partition coefficient (Wildman–Crippen LogP) is 2.80. The number of nitrogens with one attached hydrogen (secondary N) is 1. The number of hydrogen-bond acceptors (Lipinski definition) is 4. The fraction of sp³-hybridized carbons (Fsp3) is 0.533. The van der Waals surface area contributed by atoms with E-state index in [1.165, 1.54) is 0 Å². The Hall–Kier alpha value is -2.11. The van der Waals surface area contributed by atoms with Crippen molar-refractivity contribution in [2.45, 2.75) is 45.6 Å². The van der Waals surface area contributed by atoms with Crippen LogP contribution in [0.5, 0.6) is 0 Å². The smallest absolute Gasteiger partial charge is 0.290 e. The van der Waals surface area contributed by atoms with Crippen molar-refractivity contribution >= 4 is 5.91 Å². The van der Waals surface area contributed by atoms with E-state index in [2.05, 4.69) is 22.4 Å². The van der Waals surface area contributed by atoms with E-state index in [-0.39, 0.29) is 23.6 Å². The van der Waals surface area contributed by atoms with E-state index >= 15 is 0 Å². The molecule has 0 saturated carbocycles. The Morgan fingerprint density at radius 2 is 2.24 bits per heavy atom. The fourth-order valence-electron chi connectivity index (χ4n) is 2.16. The molecular formula is C15H22N4O2. The largest absolute Gasteiger partial charge is 0.351 e. The first-order valence-electron chi connectivity index (χ1n) is 7.27. The first-order valence-corrected chi connectivity index (χ1v) is 7.27. The van der Waals surface area contributed by atoms with Gasteiger partial charge in [0.25, 0.3) is 5.91 Å². The van der Waals surface area contributed by atoms with Gasteiger partial charge in [0.05, 0.1) is 11.7 Å². The van der Waals surface area contributed by atoms with Gasteiger partial charge in [-0.25, -0.2) is 4.98 Å². The first kappa shape index (κ1) is 15.3. The molecule has 1 unspecified atom stereocenters. The average Bonchev–Trinajstić information content (AvgIpc) is 3.06. The van der Waals surface area contributed by atoms with Gasteiger partial charge in [-0.2, -0.15) is 0 Å². The van der Waals surface area contributed by atoms with Crippen molar-refractivity contribution in [3.63, 3.8) is 0 Å². The molecule has 0 fully saturated rings. The van der Waals surface area contributed by atoms with E-state index in [0.29, 0.717) is 0 Å². The van der Waals surface area contributed by atoms with Gasteiger partial charge in [-0.3, -0.25) is 4.79 Å². The number of nitrogens with zero attached hydrogens (tertiary/aromatic N) is 3. The number of amides is 1. The van der Waals surface area contributed by atoms with Crippen molar-refractivity contribution in [3.05, 3.63) is 35.7 Å². The van der Waals surface area contributed by atoms with Gasteiger partial charge < -0.3 is 14.4 Å². The molecular weight excluding hydrogens is 268 g/mol. The summed E-state index contributed by atoms with van der Waals surface area (Å²) in [6, 6.07) is 1.57. The van der Waals surface area contributed by atoms with Crippen molar-refractivity contribution < 1.29 is 9.32 Å². The van der Waals surface area contributed by atoms with Gasteiger partial charge in [-0.05, 0) is 12.3 Å². The third-order valence-corrected chi connectivity index (χ3v) is 3.40. The quantitative estimate of drug-likeness (QED) is 0.887. The lowest BCUT2D eigenvalue weighted by molar-refractivity contribution is 0.0894. The molecule has 1 atom stereocenters. The van der Waals surface area contributed by atoms with E-state index in [0.717, 1.165) is 24.4 Å². The third kappa shape index (κ3) is 3.51. The van der Waals surface area contributed by atoms with Crippen LogP contribution in [0.4, 0.5) is 0 Å². The molecule has 6 nitrogen and oxygen atoms in total. The van der Waals surface area contributed by atoms with Crippen molar-refractivity contribution in [1.29, 1.82) is 0 Å². The maximum Gasteiger partial charge on any atom is 0.290 e. The molecule has 0 aliphatic carbocycles. The van der Waals surface area contributed by atoms with E-state index < -0.39 is 0 Å². The summed E-state index contributed by atoms with van der Waals surface area (Å²) in [5.74, 6) is 1.06. The minimum atomic E-state index is -0.254. The lowest BCUT2D eigenvalue weighted by Gasteiger charge is -2.16. The molecule has 2 aromatic heterocycles. The lowest BCUT2D eigenvalue weighted by atomic mass is 10.1. The summed E-state index contributed by atoms with van der Waals surface area (Å²) in [5.41, 5.74) is 0.782. The van der Waals surface area contributed by atoms with Crippen LogP contribution in [0, 0.1) is 0 Å². The van der Waals surface area contributed by atoms with E-state index in [9.17, 15) is 4.79 Å². The zero-order valence-corrected chi connectivity index (χ0v) is 13.0. The number of hydrogen-bond donors (Lipinski definition) is 1. The molecule has 1 N–H and O–H groups in total. The SMILES string of the molecule is CCCC(NC(=O)c1cc(C(C)C)no1)c1nccn1C. The molecule has 2 rings (SSSR count). The molecule has 21 heavy (non-hydrogen) atoms. The minimum Gasteiger partial charge on any atom is -0.351 e. The maximum absolute atomic E-state index is 12.3. The Balaban J connectivity index is 2.12. The van der Waals surface area contributed by atoms with Crippen LogP contribution >= 0.6 is 0 Å². The summed E-state index contributed by atoms with van der Waals surface area (Å²) in [6.07, 6.45) is 5.37. The second-order valence-electron chi connectivity index (χ2n) is 5.48. The van der Waals surface area contributed by atoms with Crippen LogP contribution < -0.4 is 5.32 Å². The monoisotopic (exact) mass is 290 g/mol. The first-order chi connectivity index (χ1) is 10.0. The highest BCUT2D eigenvalue weighted by molar-refractivity contribution is 5.91. The van der Waals surface area contributed by atoms with Gasteiger partial charge in [0, 0.05) is 25.5 Å². The van der Waals surface area contributed by atoms with Crippen LogP contribution in [0.25, 0.3) is 0 Å². The average molecular weight is 290 g/mol. The summed E-state index contributed by atoms with van der Waals surface area (Å²) in [6.45, 7) is 6.09. The molecule has 1 amide bonds. The summed E-state index contributed by atoms with van der Waals surface area (Å²) >= 11 is 0. The van der Waals surface area contributed by atoms with E-state index in [1.807, 2.05) is 31.7 Å². The van der Waals surface area contributed by atoms with Gasteiger partial charge in [-0.1, -0.05) is 32.3 Å². The Labute approximate surface area is 124 Å². The molecule has 2 aromatic rings. The Morgan fingerprint density at radius 3 is 2.76 bits per heavy atom. The number of imidazole rings is 1. The molecule has 0 aliphatic heterocycles. The van der Waals surface area contributed by atoms with E-state index in [4.69, 9.17) is 4.52 Å². The number of aryl methyl sites for hydroxylation is 1. The lowest BCUT2D eigenvalue weighted by Crippen LogP contribution is -2.30. The topological polar surface area (TPSA) is 73.0 Å². The molecule has 0 spiro atoms. The molecule has 6 heteroatoms. The minimum absolute atomic E-state index is 0.130. The maximum atomic E-state index is 12.3. The van der Waals surface area contributed by atoms with Crippen molar-refractivity contribution in [2.75, 3.05) is 0 Å². The zero-order valence-electron chi connectivity index (χ0n) is 13.0. The van der Waals surface area contributed by atoms with Crippen molar-refractivity contribution in [1.82, 2.24) is 20.0 Å². The van der Waals surface area contributed by atoms with Crippen molar-refractivity contribution in [2.24, 2.45) is 7.05 Å². The third-order valence-electron chi connectivity index (χ3n) is 3.40. The van der Waals surface area contributed by atoms with Crippen LogP contribution in [0.2, 0.25) is 0 Å². The number of carbonyl (C=O) groups excluding carboxylic acids is 1. The standard InChI is InChI=1S/C15H22N4O2/c1-5-6-11(14-16-7-8-19(14)4)17-15(20)13-9-12(10(2)3)18-21-13/h7-11H,5-6H2,1-4H3,(H,17,20). The normalized spacial score (nSPS) is 12.6. The van der Waals surface area contributed by atoms with Gasteiger partial charge >= 0.3 is 0 Å². The molecule has 2 heterocycles. The number of carbonyl (C=O) groups is 1. The number of rotatable bonds is 6. The number of aromatic nitrogens is 3. The summed E-state index contributed by atoms with van der Waals surface area (Å²) in [4.78, 5) is 16.6. The highest BCUT2D eigenvalue weighted by atomic mass is 16.5. The Bertz CT molecular complexity index is 600. The molecule has 114 valence electrons. The zero-order chi connectivity index (χ0) is 15.4. The predicted molar refractivity (Wildman–Crippen MR) is 78.9 cm³/mol. The van der Waals surface area contributed by atoms with Gasteiger partial charge in [0.2, 0.25) is 5.76 Å².